The summed E-state index contributed by atoms with van der Waals surface area (Å²) in [5.74, 6) is 0.658. The lowest BCUT2D eigenvalue weighted by atomic mass is 9.83. The first kappa shape index (κ1) is 19.1. The Balaban J connectivity index is 2.70. The minimum absolute atomic E-state index is 0.385. The van der Waals surface area contributed by atoms with Crippen LogP contribution in [0.25, 0.3) is 0 Å². The van der Waals surface area contributed by atoms with Gasteiger partial charge in [-0.25, -0.2) is 0 Å². The molecule has 22 heavy (non-hydrogen) atoms. The van der Waals surface area contributed by atoms with Crippen molar-refractivity contribution in [3.63, 3.8) is 0 Å². The summed E-state index contributed by atoms with van der Waals surface area (Å²) < 4.78 is 0. The lowest BCUT2D eigenvalue weighted by Crippen LogP contribution is -2.19. The van der Waals surface area contributed by atoms with Crippen LogP contribution in [0.1, 0.15) is 58.1 Å². The summed E-state index contributed by atoms with van der Waals surface area (Å²) in [5, 5.41) is 4.26. The van der Waals surface area contributed by atoms with Crippen molar-refractivity contribution in [2.75, 3.05) is 6.54 Å². The molecule has 1 atom stereocenters. The van der Waals surface area contributed by atoms with Gasteiger partial charge in [0.2, 0.25) is 0 Å². The van der Waals surface area contributed by atoms with Crippen LogP contribution in [0.4, 0.5) is 0 Å². The lowest BCUT2D eigenvalue weighted by Gasteiger charge is -2.24. The molecule has 0 radical (unpaired) electrons. The molecule has 0 fully saturated rings. The van der Waals surface area contributed by atoms with Crippen molar-refractivity contribution in [1.82, 2.24) is 5.32 Å². The molecule has 1 nitrogen and oxygen atoms in total. The Morgan fingerprint density at radius 3 is 2.55 bits per heavy atom. The highest BCUT2D eigenvalue weighted by Crippen LogP contribution is 2.29. The Hall–Kier alpha value is -0.950. The first-order valence-electron chi connectivity index (χ1n) is 8.32. The molecule has 1 aromatic rings. The van der Waals surface area contributed by atoms with E-state index in [-0.39, 0.29) is 0 Å². The topological polar surface area (TPSA) is 12.0 Å². The van der Waals surface area contributed by atoms with Gasteiger partial charge in [-0.1, -0.05) is 56.6 Å². The van der Waals surface area contributed by atoms with Crippen LogP contribution in [0, 0.1) is 18.3 Å². The van der Waals surface area contributed by atoms with Gasteiger partial charge in [0.25, 0.3) is 0 Å². The van der Waals surface area contributed by atoms with Crippen LogP contribution >= 0.6 is 11.6 Å². The van der Waals surface area contributed by atoms with Gasteiger partial charge in [-0.3, -0.25) is 0 Å². The summed E-state index contributed by atoms with van der Waals surface area (Å²) >= 11 is 6.39. The zero-order valence-electron chi connectivity index (χ0n) is 14.9. The smallest absolute Gasteiger partial charge is 0.0438 e. The van der Waals surface area contributed by atoms with Crippen molar-refractivity contribution in [3.05, 3.63) is 46.6 Å². The molecule has 0 aromatic heterocycles. The fourth-order valence-electron chi connectivity index (χ4n) is 2.65. The van der Waals surface area contributed by atoms with Gasteiger partial charge in [0.1, 0.15) is 0 Å². The third-order valence-electron chi connectivity index (χ3n) is 3.99. The Morgan fingerprint density at radius 1 is 1.27 bits per heavy atom. The summed E-state index contributed by atoms with van der Waals surface area (Å²) in [6.45, 7) is 16.0. The molecule has 0 amide bonds. The number of halogens is 1. The average molecular weight is 322 g/mol. The van der Waals surface area contributed by atoms with Crippen LogP contribution in [-0.4, -0.2) is 6.54 Å². The molecule has 0 bridgehead atoms. The van der Waals surface area contributed by atoms with Crippen LogP contribution in [-0.2, 0) is 6.42 Å². The van der Waals surface area contributed by atoms with Gasteiger partial charge in [-0.05, 0) is 62.5 Å². The van der Waals surface area contributed by atoms with Crippen LogP contribution in [0.15, 0.2) is 30.5 Å². The zero-order valence-corrected chi connectivity index (χ0v) is 15.7. The summed E-state index contributed by atoms with van der Waals surface area (Å²) in [7, 11) is 0. The quantitative estimate of drug-likeness (QED) is 0.605. The summed E-state index contributed by atoms with van der Waals surface area (Å²) in [6.07, 6.45) is 4.71. The van der Waals surface area contributed by atoms with E-state index in [1.54, 1.807) is 0 Å². The van der Waals surface area contributed by atoms with Gasteiger partial charge in [-0.2, -0.15) is 0 Å². The lowest BCUT2D eigenvalue weighted by molar-refractivity contribution is 0.311. The number of hydrogen-bond acceptors (Lipinski definition) is 1. The van der Waals surface area contributed by atoms with Gasteiger partial charge >= 0.3 is 0 Å². The summed E-state index contributed by atoms with van der Waals surface area (Å²) in [6, 6.07) is 6.34. The molecule has 1 unspecified atom stereocenters. The Morgan fingerprint density at radius 2 is 1.95 bits per heavy atom. The van der Waals surface area contributed by atoms with Gasteiger partial charge < -0.3 is 5.32 Å². The van der Waals surface area contributed by atoms with Gasteiger partial charge in [0.05, 0.1) is 0 Å². The molecule has 0 heterocycles. The fourth-order valence-corrected chi connectivity index (χ4v) is 2.84. The number of aryl methyl sites for hydroxylation is 1. The Bertz CT molecular complexity index is 485. The number of rotatable bonds is 8. The first-order valence-corrected chi connectivity index (χ1v) is 8.69. The highest BCUT2D eigenvalue weighted by Gasteiger charge is 2.17. The molecular formula is C20H32ClN. The molecule has 0 aliphatic carbocycles. The van der Waals surface area contributed by atoms with E-state index in [9.17, 15) is 0 Å². The van der Waals surface area contributed by atoms with E-state index in [1.165, 1.54) is 24.0 Å². The van der Waals surface area contributed by atoms with Gasteiger partial charge in [0.15, 0.2) is 0 Å². The standard InChI is InChI=1S/C20H32ClN/c1-15(2)22-12-10-17(9-11-20(4,5)6)14-18-13-16(3)7-8-19(18)21/h7-8,13,17,22H,1,9-12,14H2,2-6H3. The van der Waals surface area contributed by atoms with E-state index in [0.29, 0.717) is 11.3 Å². The predicted molar refractivity (Wildman–Crippen MR) is 99.5 cm³/mol. The molecule has 0 aliphatic heterocycles. The molecule has 0 spiro atoms. The van der Waals surface area contributed by atoms with Crippen molar-refractivity contribution >= 4 is 11.6 Å². The van der Waals surface area contributed by atoms with E-state index in [0.717, 1.165) is 30.1 Å². The first-order chi connectivity index (χ1) is 10.2. The molecular weight excluding hydrogens is 290 g/mol. The maximum Gasteiger partial charge on any atom is 0.0438 e. The van der Waals surface area contributed by atoms with Crippen molar-refractivity contribution in [2.45, 2.75) is 60.3 Å². The number of hydrogen-bond donors (Lipinski definition) is 1. The molecule has 2 heteroatoms. The van der Waals surface area contributed by atoms with Crippen molar-refractivity contribution in [3.8, 4) is 0 Å². The second-order valence-corrected chi connectivity index (χ2v) is 8.17. The highest BCUT2D eigenvalue weighted by molar-refractivity contribution is 6.31. The summed E-state index contributed by atoms with van der Waals surface area (Å²) in [5.41, 5.74) is 4.00. The van der Waals surface area contributed by atoms with Gasteiger partial charge in [-0.15, -0.1) is 0 Å². The summed E-state index contributed by atoms with van der Waals surface area (Å²) in [4.78, 5) is 0. The molecule has 0 aliphatic rings. The molecule has 0 saturated carbocycles. The second kappa shape index (κ2) is 8.62. The molecule has 0 saturated heterocycles. The SMILES string of the molecule is C=C(C)NCCC(CCC(C)(C)C)Cc1cc(C)ccc1Cl. The maximum atomic E-state index is 6.39. The normalized spacial score (nSPS) is 13.0. The van der Waals surface area contributed by atoms with Crippen LogP contribution < -0.4 is 5.32 Å². The highest BCUT2D eigenvalue weighted by atomic mass is 35.5. The van der Waals surface area contributed by atoms with E-state index in [4.69, 9.17) is 11.6 Å². The van der Waals surface area contributed by atoms with E-state index in [1.807, 2.05) is 13.0 Å². The monoisotopic (exact) mass is 321 g/mol. The second-order valence-electron chi connectivity index (χ2n) is 7.76. The minimum atomic E-state index is 0.385. The largest absolute Gasteiger partial charge is 0.389 e. The predicted octanol–water partition coefficient (Wildman–Crippen LogP) is 6.15. The third-order valence-corrected chi connectivity index (χ3v) is 4.36. The fraction of sp³-hybridized carbons (Fsp3) is 0.600. The maximum absolute atomic E-state index is 6.39. The molecule has 1 rings (SSSR count). The average Bonchev–Trinajstić information content (AvgIpc) is 2.38. The number of nitrogens with one attached hydrogen (secondary N) is 1. The Labute approximate surface area is 142 Å². The van der Waals surface area contributed by atoms with E-state index in [2.05, 4.69) is 51.7 Å². The number of benzene rings is 1. The minimum Gasteiger partial charge on any atom is -0.389 e. The zero-order chi connectivity index (χ0) is 16.8. The van der Waals surface area contributed by atoms with Crippen LogP contribution in [0.5, 0.6) is 0 Å². The van der Waals surface area contributed by atoms with Crippen molar-refractivity contribution < 1.29 is 0 Å². The van der Waals surface area contributed by atoms with E-state index < -0.39 is 0 Å². The Kier molecular flexibility index (Phi) is 7.48. The van der Waals surface area contributed by atoms with Crippen LogP contribution in [0.3, 0.4) is 0 Å². The molecule has 1 N–H and O–H groups in total. The van der Waals surface area contributed by atoms with Crippen molar-refractivity contribution in [1.29, 1.82) is 0 Å². The van der Waals surface area contributed by atoms with Crippen LogP contribution in [0.2, 0.25) is 5.02 Å². The van der Waals surface area contributed by atoms with E-state index >= 15 is 0 Å². The van der Waals surface area contributed by atoms with Crippen molar-refractivity contribution in [2.24, 2.45) is 11.3 Å². The van der Waals surface area contributed by atoms with Gasteiger partial charge in [0, 0.05) is 17.3 Å². The molecule has 1 aromatic carbocycles. The molecule has 124 valence electrons. The number of allylic oxidation sites excluding steroid dienone is 1. The third kappa shape index (κ3) is 7.89.